The quantitative estimate of drug-likeness (QED) is 0.514. The number of halogens is 7. The number of hydrogen-bond donors (Lipinski definition) is 0. The van der Waals surface area contributed by atoms with Gasteiger partial charge < -0.3 is 0 Å². The molecule has 1 heterocycles. The average Bonchev–Trinajstić information content (AvgIpc) is 2.26. The van der Waals surface area contributed by atoms with Crippen molar-refractivity contribution in [2.24, 2.45) is 0 Å². The van der Waals surface area contributed by atoms with Crippen molar-refractivity contribution in [3.63, 3.8) is 0 Å². The number of alkyl halides is 3. The standard InChI is InChI=1S/C10H2BrCl3F3N/c11-4-1-3-5(12)2-6(10(15,16)17)18-9(3)8(14)7(4)13/h1-2H. The van der Waals surface area contributed by atoms with Gasteiger partial charge in [-0.1, -0.05) is 34.8 Å². The molecule has 0 spiro atoms. The van der Waals surface area contributed by atoms with Gasteiger partial charge in [-0.3, -0.25) is 0 Å². The van der Waals surface area contributed by atoms with Crippen molar-refractivity contribution in [3.05, 3.63) is 37.4 Å². The minimum atomic E-state index is -4.60. The molecule has 0 fully saturated rings. The lowest BCUT2D eigenvalue weighted by Crippen LogP contribution is -2.08. The van der Waals surface area contributed by atoms with Crippen LogP contribution in [0.25, 0.3) is 10.9 Å². The molecule has 0 bridgehead atoms. The fourth-order valence-electron chi connectivity index (χ4n) is 1.37. The lowest BCUT2D eigenvalue weighted by atomic mass is 10.2. The summed E-state index contributed by atoms with van der Waals surface area (Å²) in [6.45, 7) is 0. The number of aromatic nitrogens is 1. The fraction of sp³-hybridized carbons (Fsp3) is 0.100. The molecule has 0 saturated carbocycles. The molecule has 1 aromatic heterocycles. The summed E-state index contributed by atoms with van der Waals surface area (Å²) in [5, 5.41) is 0.221. The first-order chi connectivity index (χ1) is 8.21. The topological polar surface area (TPSA) is 12.9 Å². The second-order valence-corrected chi connectivity index (χ2v) is 5.39. The highest BCUT2D eigenvalue weighted by Crippen LogP contribution is 2.40. The number of rotatable bonds is 0. The van der Waals surface area contributed by atoms with E-state index in [9.17, 15) is 13.2 Å². The summed E-state index contributed by atoms with van der Waals surface area (Å²) in [5.41, 5.74) is -1.19. The fourth-order valence-corrected chi connectivity index (χ4v) is 2.55. The lowest BCUT2D eigenvalue weighted by Gasteiger charge is -2.10. The Labute approximate surface area is 123 Å². The van der Waals surface area contributed by atoms with E-state index in [1.54, 1.807) is 0 Å². The summed E-state index contributed by atoms with van der Waals surface area (Å²) in [6, 6.07) is 2.22. The normalized spacial score (nSPS) is 12.2. The van der Waals surface area contributed by atoms with Crippen molar-refractivity contribution < 1.29 is 13.2 Å². The molecule has 0 N–H and O–H groups in total. The van der Waals surface area contributed by atoms with E-state index in [0.29, 0.717) is 9.86 Å². The number of pyridine rings is 1. The number of benzene rings is 1. The predicted molar refractivity (Wildman–Crippen MR) is 69.5 cm³/mol. The molecule has 0 aliphatic carbocycles. The maximum atomic E-state index is 12.6. The van der Waals surface area contributed by atoms with Crippen LogP contribution in [0.1, 0.15) is 5.69 Å². The van der Waals surface area contributed by atoms with Crippen molar-refractivity contribution in [3.8, 4) is 0 Å². The summed E-state index contributed by atoms with van der Waals surface area (Å²) in [7, 11) is 0. The van der Waals surface area contributed by atoms with Gasteiger partial charge in [0, 0.05) is 9.86 Å². The summed E-state index contributed by atoms with van der Waals surface area (Å²) < 4.78 is 38.2. The van der Waals surface area contributed by atoms with E-state index < -0.39 is 11.9 Å². The Balaban J connectivity index is 2.88. The van der Waals surface area contributed by atoms with Gasteiger partial charge >= 0.3 is 6.18 Å². The largest absolute Gasteiger partial charge is 0.433 e. The molecule has 0 atom stereocenters. The Morgan fingerprint density at radius 3 is 2.22 bits per heavy atom. The van der Waals surface area contributed by atoms with Crippen LogP contribution in [0, 0.1) is 0 Å². The molecule has 8 heteroatoms. The first-order valence-electron chi connectivity index (χ1n) is 4.42. The van der Waals surface area contributed by atoms with Crippen LogP contribution < -0.4 is 0 Å². The first kappa shape index (κ1) is 14.2. The van der Waals surface area contributed by atoms with Gasteiger partial charge in [-0.2, -0.15) is 13.2 Å². The van der Waals surface area contributed by atoms with Crippen LogP contribution in [-0.2, 0) is 6.18 Å². The van der Waals surface area contributed by atoms with Crippen LogP contribution in [0.4, 0.5) is 13.2 Å². The second-order valence-electron chi connectivity index (χ2n) is 3.37. The molecule has 0 saturated heterocycles. The highest BCUT2D eigenvalue weighted by molar-refractivity contribution is 9.10. The zero-order valence-electron chi connectivity index (χ0n) is 8.25. The van der Waals surface area contributed by atoms with Gasteiger partial charge in [0.1, 0.15) is 5.69 Å². The lowest BCUT2D eigenvalue weighted by molar-refractivity contribution is -0.140. The monoisotopic (exact) mass is 377 g/mol. The molecule has 2 rings (SSSR count). The molecule has 0 amide bonds. The average molecular weight is 379 g/mol. The summed E-state index contributed by atoms with van der Waals surface area (Å²) in [5.74, 6) is 0. The van der Waals surface area contributed by atoms with Crippen LogP contribution in [0.15, 0.2) is 16.6 Å². The molecule has 1 aromatic carbocycles. The Kier molecular flexibility index (Phi) is 3.71. The minimum absolute atomic E-state index is 0.0750. The SMILES string of the molecule is FC(F)(F)c1cc(Cl)c2cc(Br)c(Cl)c(Cl)c2n1. The second kappa shape index (κ2) is 4.71. The molecule has 0 unspecified atom stereocenters. The van der Waals surface area contributed by atoms with Crippen LogP contribution in [0.3, 0.4) is 0 Å². The van der Waals surface area contributed by atoms with Gasteiger partial charge in [0.05, 0.1) is 20.6 Å². The van der Waals surface area contributed by atoms with E-state index >= 15 is 0 Å². The van der Waals surface area contributed by atoms with E-state index in [4.69, 9.17) is 34.8 Å². The van der Waals surface area contributed by atoms with Gasteiger partial charge in [0.15, 0.2) is 0 Å². The maximum Gasteiger partial charge on any atom is 0.433 e. The van der Waals surface area contributed by atoms with Gasteiger partial charge in [0.2, 0.25) is 0 Å². The first-order valence-corrected chi connectivity index (χ1v) is 6.35. The third-order valence-electron chi connectivity index (χ3n) is 2.18. The Morgan fingerprint density at radius 1 is 1.06 bits per heavy atom. The summed E-state index contributed by atoms with van der Waals surface area (Å²) in [6.07, 6.45) is -4.60. The molecule has 0 aliphatic rings. The molecule has 96 valence electrons. The zero-order valence-corrected chi connectivity index (χ0v) is 12.1. The van der Waals surface area contributed by atoms with E-state index in [0.717, 1.165) is 6.07 Å². The van der Waals surface area contributed by atoms with Crippen molar-refractivity contribution in [1.29, 1.82) is 0 Å². The highest BCUT2D eigenvalue weighted by atomic mass is 79.9. The molecular weight excluding hydrogens is 377 g/mol. The third kappa shape index (κ3) is 2.41. The summed E-state index contributed by atoms with van der Waals surface area (Å²) in [4.78, 5) is 3.46. The zero-order chi connectivity index (χ0) is 13.7. The van der Waals surface area contributed by atoms with Gasteiger partial charge in [-0.05, 0) is 28.1 Å². The number of fused-ring (bicyclic) bond motifs is 1. The summed E-state index contributed by atoms with van der Waals surface area (Å²) >= 11 is 20.6. The van der Waals surface area contributed by atoms with Crippen LogP contribution in [0.5, 0.6) is 0 Å². The predicted octanol–water partition coefficient (Wildman–Crippen LogP) is 5.98. The van der Waals surface area contributed by atoms with Gasteiger partial charge in [-0.25, -0.2) is 4.98 Å². The third-order valence-corrected chi connectivity index (χ3v) is 4.20. The highest BCUT2D eigenvalue weighted by Gasteiger charge is 2.33. The van der Waals surface area contributed by atoms with E-state index in [-0.39, 0.29) is 20.6 Å². The number of hydrogen-bond acceptors (Lipinski definition) is 1. The van der Waals surface area contributed by atoms with Gasteiger partial charge in [0.25, 0.3) is 0 Å². The maximum absolute atomic E-state index is 12.6. The molecule has 1 nitrogen and oxygen atoms in total. The van der Waals surface area contributed by atoms with Crippen molar-refractivity contribution >= 4 is 61.6 Å². The van der Waals surface area contributed by atoms with E-state index in [2.05, 4.69) is 20.9 Å². The van der Waals surface area contributed by atoms with E-state index in [1.165, 1.54) is 6.07 Å². The molecule has 2 aromatic rings. The van der Waals surface area contributed by atoms with Crippen LogP contribution in [-0.4, -0.2) is 4.98 Å². The Bertz CT molecular complexity index is 643. The Hall–Kier alpha value is -0.230. The minimum Gasteiger partial charge on any atom is -0.242 e. The molecule has 0 radical (unpaired) electrons. The Morgan fingerprint density at radius 2 is 1.67 bits per heavy atom. The van der Waals surface area contributed by atoms with Crippen LogP contribution in [0.2, 0.25) is 15.1 Å². The van der Waals surface area contributed by atoms with E-state index in [1.807, 2.05) is 0 Å². The van der Waals surface area contributed by atoms with Crippen molar-refractivity contribution in [2.75, 3.05) is 0 Å². The van der Waals surface area contributed by atoms with Gasteiger partial charge in [-0.15, -0.1) is 0 Å². The molecule has 0 aliphatic heterocycles. The number of nitrogens with zero attached hydrogens (tertiary/aromatic N) is 1. The van der Waals surface area contributed by atoms with Crippen molar-refractivity contribution in [1.82, 2.24) is 4.98 Å². The molecule has 18 heavy (non-hydrogen) atoms. The smallest absolute Gasteiger partial charge is 0.242 e. The molecular formula is C10H2BrCl3F3N. The van der Waals surface area contributed by atoms with Crippen LogP contribution >= 0.6 is 50.7 Å². The van der Waals surface area contributed by atoms with Crippen molar-refractivity contribution in [2.45, 2.75) is 6.18 Å².